The summed E-state index contributed by atoms with van der Waals surface area (Å²) in [6.45, 7) is 6.23. The summed E-state index contributed by atoms with van der Waals surface area (Å²) in [5, 5.41) is 3.77. The zero-order valence-electron chi connectivity index (χ0n) is 18.2. The fraction of sp³-hybridized carbons (Fsp3) is 0.292. The van der Waals surface area contributed by atoms with Crippen LogP contribution in [0.1, 0.15) is 29.4 Å². The first-order chi connectivity index (χ1) is 14.7. The molecular weight excluding hydrogens is 410 g/mol. The van der Waals surface area contributed by atoms with Crippen LogP contribution in [0.2, 0.25) is 0 Å². The Morgan fingerprint density at radius 1 is 1.16 bits per heavy atom. The molecule has 0 aliphatic heterocycles. The second-order valence-corrected chi connectivity index (χ2v) is 9.99. The van der Waals surface area contributed by atoms with Gasteiger partial charge in [0.05, 0.1) is 4.90 Å². The molecule has 0 bridgehead atoms. The topological polar surface area (TPSA) is 71.4 Å². The number of rotatable bonds is 9. The van der Waals surface area contributed by atoms with Gasteiger partial charge in [0.15, 0.2) is 0 Å². The molecule has 3 aromatic rings. The van der Waals surface area contributed by atoms with Crippen molar-refractivity contribution in [3.05, 3.63) is 78.5 Å². The van der Waals surface area contributed by atoms with Gasteiger partial charge in [0.2, 0.25) is 10.0 Å². The van der Waals surface area contributed by atoms with E-state index in [0.717, 1.165) is 18.4 Å². The molecule has 0 unspecified atom stereocenters. The Bertz CT molecular complexity index is 1180. The van der Waals surface area contributed by atoms with Crippen LogP contribution in [0, 0.1) is 0 Å². The van der Waals surface area contributed by atoms with E-state index < -0.39 is 10.0 Å². The van der Waals surface area contributed by atoms with Crippen LogP contribution in [-0.4, -0.2) is 43.3 Å². The number of nitrogens with zero attached hydrogens (tertiary/aromatic N) is 2. The largest absolute Gasteiger partial charge is 0.348 e. The number of sulfonamides is 1. The molecule has 0 saturated carbocycles. The van der Waals surface area contributed by atoms with E-state index in [9.17, 15) is 13.2 Å². The van der Waals surface area contributed by atoms with Crippen molar-refractivity contribution in [3.8, 4) is 0 Å². The molecule has 1 N–H and O–H groups in total. The van der Waals surface area contributed by atoms with Crippen molar-refractivity contribution in [3.63, 3.8) is 0 Å². The molecule has 1 atom stereocenters. The number of carbonyl (C=O) groups is 1. The third-order valence-corrected chi connectivity index (χ3v) is 7.09. The minimum absolute atomic E-state index is 0.00687. The van der Waals surface area contributed by atoms with Crippen molar-refractivity contribution in [2.75, 3.05) is 14.1 Å². The predicted octanol–water partition coefficient (Wildman–Crippen LogP) is 3.83. The molecular formula is C24H29N3O3S. The van der Waals surface area contributed by atoms with E-state index >= 15 is 0 Å². The summed E-state index contributed by atoms with van der Waals surface area (Å²) in [6.07, 6.45) is 3.42. The van der Waals surface area contributed by atoms with E-state index in [4.69, 9.17) is 0 Å². The van der Waals surface area contributed by atoms with Crippen LogP contribution in [0.15, 0.2) is 72.1 Å². The van der Waals surface area contributed by atoms with Gasteiger partial charge >= 0.3 is 0 Å². The lowest BCUT2D eigenvalue weighted by atomic mass is 10.1. The standard InChI is InChI=1S/C24H29N3O3S/c1-5-15-27-22-14-13-21(31(29,30)26(3)4)16-20(22)17-23(27)24(28)25-18(2)11-12-19-9-7-6-8-10-19/h5-10,13-14,16-18H,1,11-12,15H2,2-4H3,(H,25,28)/t18-/m1/s1. The Hall–Kier alpha value is -2.90. The number of aromatic nitrogens is 1. The number of hydrogen-bond donors (Lipinski definition) is 1. The molecule has 3 rings (SSSR count). The second-order valence-electron chi connectivity index (χ2n) is 7.84. The van der Waals surface area contributed by atoms with Gasteiger partial charge < -0.3 is 9.88 Å². The Labute approximate surface area is 184 Å². The van der Waals surface area contributed by atoms with Crippen LogP contribution in [0.4, 0.5) is 0 Å². The highest BCUT2D eigenvalue weighted by atomic mass is 32.2. The molecule has 6 nitrogen and oxygen atoms in total. The number of aryl methyl sites for hydroxylation is 1. The maximum atomic E-state index is 13.0. The van der Waals surface area contributed by atoms with Crippen molar-refractivity contribution in [2.45, 2.75) is 37.2 Å². The minimum Gasteiger partial charge on any atom is -0.348 e. The van der Waals surface area contributed by atoms with E-state index in [-0.39, 0.29) is 16.8 Å². The van der Waals surface area contributed by atoms with Crippen molar-refractivity contribution in [1.82, 2.24) is 14.2 Å². The predicted molar refractivity (Wildman–Crippen MR) is 125 cm³/mol. The number of amides is 1. The monoisotopic (exact) mass is 439 g/mol. The summed E-state index contributed by atoms with van der Waals surface area (Å²) in [6, 6.07) is 16.8. The minimum atomic E-state index is -3.55. The average molecular weight is 440 g/mol. The first-order valence-electron chi connectivity index (χ1n) is 10.3. The molecule has 0 saturated heterocycles. The van der Waals surface area contributed by atoms with Gasteiger partial charge in [-0.05, 0) is 49.6 Å². The normalized spacial score (nSPS) is 12.8. The number of nitrogens with one attached hydrogen (secondary N) is 1. The molecule has 1 aromatic heterocycles. The van der Waals surface area contributed by atoms with Crippen molar-refractivity contribution in [2.24, 2.45) is 0 Å². The third kappa shape index (κ3) is 5.06. The summed E-state index contributed by atoms with van der Waals surface area (Å²) < 4.78 is 28.0. The van der Waals surface area contributed by atoms with Gasteiger partial charge in [0, 0.05) is 37.6 Å². The van der Waals surface area contributed by atoms with Gasteiger partial charge in [-0.15, -0.1) is 6.58 Å². The highest BCUT2D eigenvalue weighted by Gasteiger charge is 2.21. The number of allylic oxidation sites excluding steroid dienone is 1. The van der Waals surface area contributed by atoms with Gasteiger partial charge in [-0.25, -0.2) is 12.7 Å². The molecule has 0 fully saturated rings. The van der Waals surface area contributed by atoms with Gasteiger partial charge in [0.25, 0.3) is 5.91 Å². The lowest BCUT2D eigenvalue weighted by molar-refractivity contribution is 0.0930. The van der Waals surface area contributed by atoms with Crippen LogP contribution < -0.4 is 5.32 Å². The SMILES string of the molecule is C=CCn1c(C(=O)N[C@H](C)CCc2ccccc2)cc2cc(S(=O)(=O)N(C)C)ccc21. The number of benzene rings is 2. The molecule has 0 aliphatic rings. The average Bonchev–Trinajstić information content (AvgIpc) is 3.11. The molecule has 1 heterocycles. The number of fused-ring (bicyclic) bond motifs is 1. The molecule has 31 heavy (non-hydrogen) atoms. The maximum absolute atomic E-state index is 13.0. The van der Waals surface area contributed by atoms with Crippen molar-refractivity contribution in [1.29, 1.82) is 0 Å². The zero-order valence-corrected chi connectivity index (χ0v) is 19.0. The van der Waals surface area contributed by atoms with Crippen LogP contribution in [0.5, 0.6) is 0 Å². The molecule has 7 heteroatoms. The first kappa shape index (κ1) is 22.8. The van der Waals surface area contributed by atoms with E-state index in [1.165, 1.54) is 24.0 Å². The van der Waals surface area contributed by atoms with E-state index in [0.29, 0.717) is 17.6 Å². The Kier molecular flexibility index (Phi) is 6.97. The summed E-state index contributed by atoms with van der Waals surface area (Å²) in [7, 11) is -0.558. The second kappa shape index (κ2) is 9.49. The highest BCUT2D eigenvalue weighted by Crippen LogP contribution is 2.25. The number of hydrogen-bond acceptors (Lipinski definition) is 3. The van der Waals surface area contributed by atoms with Gasteiger partial charge in [0.1, 0.15) is 5.69 Å². The van der Waals surface area contributed by atoms with Crippen LogP contribution in [-0.2, 0) is 23.0 Å². The van der Waals surface area contributed by atoms with Gasteiger partial charge in [-0.1, -0.05) is 36.4 Å². The van der Waals surface area contributed by atoms with E-state index in [1.807, 2.05) is 29.7 Å². The molecule has 0 radical (unpaired) electrons. The first-order valence-corrected chi connectivity index (χ1v) is 11.7. The van der Waals surface area contributed by atoms with Crippen LogP contribution in [0.25, 0.3) is 10.9 Å². The smallest absolute Gasteiger partial charge is 0.268 e. The van der Waals surface area contributed by atoms with Crippen molar-refractivity contribution < 1.29 is 13.2 Å². The van der Waals surface area contributed by atoms with Gasteiger partial charge in [-0.2, -0.15) is 0 Å². The quantitative estimate of drug-likeness (QED) is 0.515. The summed E-state index contributed by atoms with van der Waals surface area (Å²) in [5.74, 6) is -0.185. The van der Waals surface area contributed by atoms with E-state index in [2.05, 4.69) is 24.0 Å². The fourth-order valence-electron chi connectivity index (χ4n) is 3.53. The lowest BCUT2D eigenvalue weighted by Crippen LogP contribution is -2.34. The Balaban J connectivity index is 1.84. The van der Waals surface area contributed by atoms with Crippen LogP contribution in [0.3, 0.4) is 0 Å². The van der Waals surface area contributed by atoms with E-state index in [1.54, 1.807) is 30.3 Å². The Morgan fingerprint density at radius 2 is 1.87 bits per heavy atom. The summed E-state index contributed by atoms with van der Waals surface area (Å²) in [4.78, 5) is 13.2. The molecule has 164 valence electrons. The third-order valence-electron chi connectivity index (χ3n) is 5.28. The molecule has 2 aromatic carbocycles. The Morgan fingerprint density at radius 3 is 2.52 bits per heavy atom. The fourth-order valence-corrected chi connectivity index (χ4v) is 4.47. The lowest BCUT2D eigenvalue weighted by Gasteiger charge is -2.15. The van der Waals surface area contributed by atoms with Gasteiger partial charge in [-0.3, -0.25) is 4.79 Å². The number of carbonyl (C=O) groups excluding carboxylic acids is 1. The maximum Gasteiger partial charge on any atom is 0.268 e. The molecule has 1 amide bonds. The summed E-state index contributed by atoms with van der Waals surface area (Å²) >= 11 is 0. The molecule has 0 aliphatic carbocycles. The molecule has 0 spiro atoms. The highest BCUT2D eigenvalue weighted by molar-refractivity contribution is 7.89. The van der Waals surface area contributed by atoms with Crippen LogP contribution >= 0.6 is 0 Å². The summed E-state index contributed by atoms with van der Waals surface area (Å²) in [5.41, 5.74) is 2.51. The van der Waals surface area contributed by atoms with Crippen molar-refractivity contribution >= 4 is 26.8 Å². The zero-order chi connectivity index (χ0) is 22.6.